The molecule has 0 spiro atoms. The molecule has 0 aliphatic heterocycles. The van der Waals surface area contributed by atoms with Gasteiger partial charge in [-0.2, -0.15) is 0 Å². The lowest BCUT2D eigenvalue weighted by Gasteiger charge is -2.19. The molecule has 0 aliphatic carbocycles. The first-order chi connectivity index (χ1) is 8.91. The van der Waals surface area contributed by atoms with Gasteiger partial charge in [0.2, 0.25) is 0 Å². The van der Waals surface area contributed by atoms with Gasteiger partial charge in [0, 0.05) is 19.8 Å². The minimum Gasteiger partial charge on any atom is -0.480 e. The third-order valence-electron chi connectivity index (χ3n) is 2.80. The first-order valence-corrected chi connectivity index (χ1v) is 6.19. The summed E-state index contributed by atoms with van der Waals surface area (Å²) >= 11 is 0. The van der Waals surface area contributed by atoms with E-state index < -0.39 is 5.97 Å². The summed E-state index contributed by atoms with van der Waals surface area (Å²) in [6, 6.07) is 3.33. The van der Waals surface area contributed by atoms with Gasteiger partial charge in [-0.3, -0.25) is 9.59 Å². The summed E-state index contributed by atoms with van der Waals surface area (Å²) in [6.45, 7) is 1.36. The number of hydrogen-bond acceptors (Lipinski definition) is 3. The quantitative estimate of drug-likeness (QED) is 0.785. The molecule has 0 atom stereocenters. The Balaban J connectivity index is 2.61. The van der Waals surface area contributed by atoms with E-state index in [9.17, 15) is 9.59 Å². The summed E-state index contributed by atoms with van der Waals surface area (Å²) in [5.41, 5.74) is 0.412. The highest BCUT2D eigenvalue weighted by atomic mass is 16.4. The summed E-state index contributed by atoms with van der Waals surface area (Å²) in [4.78, 5) is 26.6. The van der Waals surface area contributed by atoms with Crippen molar-refractivity contribution < 1.29 is 14.7 Å². The molecule has 0 aliphatic rings. The second kappa shape index (κ2) is 6.94. The molecule has 6 nitrogen and oxygen atoms in total. The van der Waals surface area contributed by atoms with Crippen molar-refractivity contribution in [2.45, 2.75) is 13.0 Å². The summed E-state index contributed by atoms with van der Waals surface area (Å²) in [7, 11) is 5.70. The topological polar surface area (TPSA) is 65.8 Å². The number of aliphatic carboxylic acids is 1. The molecule has 106 valence electrons. The maximum absolute atomic E-state index is 12.2. The van der Waals surface area contributed by atoms with Gasteiger partial charge in [-0.05, 0) is 39.2 Å². The van der Waals surface area contributed by atoms with Crippen LogP contribution in [0.3, 0.4) is 0 Å². The van der Waals surface area contributed by atoms with E-state index in [1.807, 2.05) is 14.1 Å². The maximum atomic E-state index is 12.2. The molecule has 0 unspecified atom stereocenters. The minimum atomic E-state index is -0.958. The highest BCUT2D eigenvalue weighted by molar-refractivity contribution is 5.93. The van der Waals surface area contributed by atoms with Crippen LogP contribution in [0, 0.1) is 0 Å². The molecule has 1 amide bonds. The molecule has 1 heterocycles. The fourth-order valence-electron chi connectivity index (χ4n) is 1.81. The third-order valence-corrected chi connectivity index (χ3v) is 2.80. The fourth-order valence-corrected chi connectivity index (χ4v) is 1.81. The van der Waals surface area contributed by atoms with Crippen molar-refractivity contribution in [3.8, 4) is 0 Å². The zero-order valence-corrected chi connectivity index (χ0v) is 11.7. The predicted molar refractivity (Wildman–Crippen MR) is 72.2 cm³/mol. The molecule has 0 fully saturated rings. The number of carbonyl (C=O) groups is 2. The average Bonchev–Trinajstić information content (AvgIpc) is 2.74. The maximum Gasteiger partial charge on any atom is 0.323 e. The number of carboxylic acids is 1. The lowest BCUT2D eigenvalue weighted by molar-refractivity contribution is -0.137. The van der Waals surface area contributed by atoms with Crippen molar-refractivity contribution in [3.63, 3.8) is 0 Å². The smallest absolute Gasteiger partial charge is 0.323 e. The molecule has 0 radical (unpaired) electrons. The van der Waals surface area contributed by atoms with E-state index in [1.165, 1.54) is 4.57 Å². The van der Waals surface area contributed by atoms with Crippen molar-refractivity contribution in [2.24, 2.45) is 0 Å². The van der Waals surface area contributed by atoms with Crippen molar-refractivity contribution in [1.82, 2.24) is 14.4 Å². The molecule has 19 heavy (non-hydrogen) atoms. The third kappa shape index (κ3) is 4.75. The van der Waals surface area contributed by atoms with Gasteiger partial charge >= 0.3 is 5.97 Å². The molecule has 1 aromatic heterocycles. The first kappa shape index (κ1) is 15.2. The van der Waals surface area contributed by atoms with Crippen LogP contribution in [0.2, 0.25) is 0 Å². The molecular formula is C13H21N3O3. The van der Waals surface area contributed by atoms with Gasteiger partial charge in [0.15, 0.2) is 0 Å². The molecule has 0 saturated heterocycles. The summed E-state index contributed by atoms with van der Waals surface area (Å²) in [5.74, 6) is -1.11. The number of aromatic nitrogens is 1. The van der Waals surface area contributed by atoms with Crippen LogP contribution >= 0.6 is 0 Å². The van der Waals surface area contributed by atoms with E-state index in [4.69, 9.17) is 5.11 Å². The van der Waals surface area contributed by atoms with Crippen molar-refractivity contribution in [3.05, 3.63) is 24.0 Å². The summed E-state index contributed by atoms with van der Waals surface area (Å²) in [6.07, 6.45) is 2.49. The lowest BCUT2D eigenvalue weighted by Crippen LogP contribution is -2.31. The van der Waals surface area contributed by atoms with Crippen LogP contribution in [0.5, 0.6) is 0 Å². The van der Waals surface area contributed by atoms with Crippen LogP contribution in [0.25, 0.3) is 0 Å². The standard InChI is InChI=1S/C13H21N3O3/c1-14(2)7-5-8-15(3)13(19)11-6-4-9-16(11)10-12(17)18/h4,6,9H,5,7-8,10H2,1-3H3,(H,17,18). The number of amides is 1. The Hall–Kier alpha value is -1.82. The Kier molecular flexibility index (Phi) is 5.57. The van der Waals surface area contributed by atoms with Crippen LogP contribution in [-0.2, 0) is 11.3 Å². The van der Waals surface area contributed by atoms with Crippen molar-refractivity contribution in [2.75, 3.05) is 34.2 Å². The largest absolute Gasteiger partial charge is 0.480 e. The number of nitrogens with zero attached hydrogens (tertiary/aromatic N) is 3. The van der Waals surface area contributed by atoms with E-state index in [0.29, 0.717) is 12.2 Å². The minimum absolute atomic E-state index is 0.148. The van der Waals surface area contributed by atoms with Crippen molar-refractivity contribution in [1.29, 1.82) is 0 Å². The fraction of sp³-hybridized carbons (Fsp3) is 0.538. The predicted octanol–water partition coefficient (Wildman–Crippen LogP) is 0.596. The molecule has 1 N–H and O–H groups in total. The van der Waals surface area contributed by atoms with E-state index in [2.05, 4.69) is 4.90 Å². The van der Waals surface area contributed by atoms with Gasteiger partial charge in [0.25, 0.3) is 5.91 Å². The van der Waals surface area contributed by atoms with Gasteiger partial charge < -0.3 is 19.5 Å². The van der Waals surface area contributed by atoms with Crippen LogP contribution in [-0.4, -0.2) is 65.6 Å². The zero-order valence-electron chi connectivity index (χ0n) is 11.7. The molecule has 0 saturated carbocycles. The van der Waals surface area contributed by atoms with E-state index in [1.54, 1.807) is 30.3 Å². The summed E-state index contributed by atoms with van der Waals surface area (Å²) < 4.78 is 1.45. The highest BCUT2D eigenvalue weighted by Crippen LogP contribution is 2.06. The van der Waals surface area contributed by atoms with Gasteiger partial charge in [0.05, 0.1) is 0 Å². The Labute approximate surface area is 113 Å². The van der Waals surface area contributed by atoms with Crippen LogP contribution < -0.4 is 0 Å². The van der Waals surface area contributed by atoms with Gasteiger partial charge in [0.1, 0.15) is 12.2 Å². The normalized spacial score (nSPS) is 10.7. The number of carboxylic acid groups (broad SMARTS) is 1. The van der Waals surface area contributed by atoms with E-state index in [-0.39, 0.29) is 12.5 Å². The summed E-state index contributed by atoms with van der Waals surface area (Å²) in [5, 5.41) is 8.78. The molecule has 0 bridgehead atoms. The molecule has 1 aromatic rings. The lowest BCUT2D eigenvalue weighted by atomic mass is 10.3. The Bertz CT molecular complexity index is 440. The average molecular weight is 267 g/mol. The molecular weight excluding hydrogens is 246 g/mol. The van der Waals surface area contributed by atoms with Gasteiger partial charge in [-0.1, -0.05) is 0 Å². The second-order valence-electron chi connectivity index (χ2n) is 4.80. The number of rotatable bonds is 7. The monoisotopic (exact) mass is 267 g/mol. The first-order valence-electron chi connectivity index (χ1n) is 6.19. The van der Waals surface area contributed by atoms with E-state index >= 15 is 0 Å². The van der Waals surface area contributed by atoms with Crippen LogP contribution in [0.4, 0.5) is 0 Å². The van der Waals surface area contributed by atoms with Crippen LogP contribution in [0.15, 0.2) is 18.3 Å². The molecule has 6 heteroatoms. The SMILES string of the molecule is CN(C)CCCN(C)C(=O)c1cccn1CC(=O)O. The zero-order chi connectivity index (χ0) is 14.4. The van der Waals surface area contributed by atoms with Crippen molar-refractivity contribution >= 4 is 11.9 Å². The Morgan fingerprint density at radius 2 is 1.95 bits per heavy atom. The van der Waals surface area contributed by atoms with Gasteiger partial charge in [-0.15, -0.1) is 0 Å². The molecule has 1 rings (SSSR count). The Morgan fingerprint density at radius 1 is 1.26 bits per heavy atom. The molecule has 0 aromatic carbocycles. The Morgan fingerprint density at radius 3 is 2.53 bits per heavy atom. The van der Waals surface area contributed by atoms with E-state index in [0.717, 1.165) is 13.0 Å². The second-order valence-corrected chi connectivity index (χ2v) is 4.80. The van der Waals surface area contributed by atoms with Crippen LogP contribution in [0.1, 0.15) is 16.9 Å². The number of hydrogen-bond donors (Lipinski definition) is 1. The van der Waals surface area contributed by atoms with Gasteiger partial charge in [-0.25, -0.2) is 0 Å². The highest BCUT2D eigenvalue weighted by Gasteiger charge is 2.16. The number of carbonyl (C=O) groups excluding carboxylic acids is 1.